The Morgan fingerprint density at radius 1 is 0.903 bits per heavy atom. The highest BCUT2D eigenvalue weighted by Gasteiger charge is 2.31. The molecule has 0 aliphatic carbocycles. The largest absolute Gasteiger partial charge is 0.490 e. The van der Waals surface area contributed by atoms with E-state index in [4.69, 9.17) is 32.7 Å². The molecule has 0 saturated carbocycles. The Kier molecular flexibility index (Phi) is 7.69. The van der Waals surface area contributed by atoms with Gasteiger partial charge in [0, 0.05) is 31.7 Å². The molecule has 31 heavy (non-hydrogen) atoms. The number of ether oxygens (including phenoxy) is 2. The summed E-state index contributed by atoms with van der Waals surface area (Å²) in [6.45, 7) is 5.59. The highest BCUT2D eigenvalue weighted by Crippen LogP contribution is 2.30. The van der Waals surface area contributed by atoms with Gasteiger partial charge in [-0.2, -0.15) is 4.31 Å². The summed E-state index contributed by atoms with van der Waals surface area (Å²) in [6.07, 6.45) is 0. The van der Waals surface area contributed by atoms with E-state index in [0.717, 1.165) is 0 Å². The van der Waals surface area contributed by atoms with Gasteiger partial charge < -0.3 is 14.4 Å². The molecule has 3 rings (SSSR count). The minimum Gasteiger partial charge on any atom is -0.490 e. The predicted molar refractivity (Wildman–Crippen MR) is 120 cm³/mol. The van der Waals surface area contributed by atoms with Crippen molar-refractivity contribution in [1.82, 2.24) is 9.21 Å². The fourth-order valence-corrected chi connectivity index (χ4v) is 5.10. The average Bonchev–Trinajstić information content (AvgIpc) is 2.76. The van der Waals surface area contributed by atoms with Gasteiger partial charge in [-0.05, 0) is 50.2 Å². The summed E-state index contributed by atoms with van der Waals surface area (Å²) in [4.78, 5) is 14.7. The van der Waals surface area contributed by atoms with Crippen molar-refractivity contribution in [2.24, 2.45) is 0 Å². The van der Waals surface area contributed by atoms with Crippen LogP contribution in [0.1, 0.15) is 24.2 Å². The van der Waals surface area contributed by atoms with E-state index in [9.17, 15) is 13.2 Å². The van der Waals surface area contributed by atoms with Crippen molar-refractivity contribution >= 4 is 39.1 Å². The number of piperazine rings is 1. The van der Waals surface area contributed by atoms with Crippen molar-refractivity contribution in [3.8, 4) is 11.5 Å². The van der Waals surface area contributed by atoms with Crippen molar-refractivity contribution in [2.75, 3.05) is 39.4 Å². The maximum atomic E-state index is 13.0. The molecule has 7 nitrogen and oxygen atoms in total. The van der Waals surface area contributed by atoms with E-state index in [1.807, 2.05) is 13.8 Å². The topological polar surface area (TPSA) is 76.2 Å². The number of nitrogens with zero attached hydrogens (tertiary/aromatic N) is 2. The molecule has 1 saturated heterocycles. The summed E-state index contributed by atoms with van der Waals surface area (Å²) in [5.74, 6) is 0.907. The number of carbonyl (C=O) groups is 1. The first-order chi connectivity index (χ1) is 14.8. The molecule has 1 aliphatic heterocycles. The van der Waals surface area contributed by atoms with Gasteiger partial charge in [0.2, 0.25) is 10.0 Å². The van der Waals surface area contributed by atoms with Crippen LogP contribution in [0.2, 0.25) is 10.0 Å². The molecular formula is C21H24Cl2N2O5S. The van der Waals surface area contributed by atoms with Crippen LogP contribution in [0.15, 0.2) is 41.3 Å². The third-order valence-electron chi connectivity index (χ3n) is 4.85. The molecule has 1 amide bonds. The molecule has 0 bridgehead atoms. The lowest BCUT2D eigenvalue weighted by atomic mass is 10.1. The molecule has 1 heterocycles. The number of carbonyl (C=O) groups excluding carboxylic acids is 1. The van der Waals surface area contributed by atoms with Crippen LogP contribution in [0.5, 0.6) is 11.5 Å². The molecule has 1 fully saturated rings. The van der Waals surface area contributed by atoms with Crippen LogP contribution in [0.4, 0.5) is 0 Å². The van der Waals surface area contributed by atoms with Crippen LogP contribution < -0.4 is 9.47 Å². The zero-order chi connectivity index (χ0) is 22.6. The fourth-order valence-electron chi connectivity index (χ4n) is 3.28. The van der Waals surface area contributed by atoms with Gasteiger partial charge in [-0.15, -0.1) is 0 Å². The standard InChI is InChI=1S/C21H24Cl2N2O5S/c1-3-29-19-8-5-15(13-20(19)30-4-2)21(26)24-9-11-25(12-10-24)31(27,28)16-6-7-17(22)18(23)14-16/h5-8,13-14H,3-4,9-12H2,1-2H3. The first-order valence-electron chi connectivity index (χ1n) is 9.92. The van der Waals surface area contributed by atoms with Crippen LogP contribution in [0.25, 0.3) is 0 Å². The van der Waals surface area contributed by atoms with Crippen LogP contribution >= 0.6 is 23.2 Å². The van der Waals surface area contributed by atoms with E-state index >= 15 is 0 Å². The Morgan fingerprint density at radius 3 is 2.16 bits per heavy atom. The molecule has 0 radical (unpaired) electrons. The van der Waals surface area contributed by atoms with E-state index in [1.165, 1.54) is 22.5 Å². The van der Waals surface area contributed by atoms with Gasteiger partial charge in [-0.1, -0.05) is 23.2 Å². The Hall–Kier alpha value is -2.00. The van der Waals surface area contributed by atoms with Gasteiger partial charge in [-0.25, -0.2) is 8.42 Å². The smallest absolute Gasteiger partial charge is 0.254 e. The number of hydrogen-bond acceptors (Lipinski definition) is 5. The zero-order valence-electron chi connectivity index (χ0n) is 17.3. The lowest BCUT2D eigenvalue weighted by Crippen LogP contribution is -2.50. The number of sulfonamides is 1. The fraction of sp³-hybridized carbons (Fsp3) is 0.381. The third kappa shape index (κ3) is 5.26. The number of amides is 1. The molecule has 1 aliphatic rings. The average molecular weight is 487 g/mol. The van der Waals surface area contributed by atoms with Gasteiger partial charge in [0.25, 0.3) is 5.91 Å². The summed E-state index contributed by atoms with van der Waals surface area (Å²) in [6, 6.07) is 9.29. The second-order valence-electron chi connectivity index (χ2n) is 6.80. The quantitative estimate of drug-likeness (QED) is 0.592. The molecule has 0 spiro atoms. The van der Waals surface area contributed by atoms with E-state index in [-0.39, 0.29) is 47.0 Å². The monoisotopic (exact) mass is 486 g/mol. The SMILES string of the molecule is CCOc1ccc(C(=O)N2CCN(S(=O)(=O)c3ccc(Cl)c(Cl)c3)CC2)cc1OCC. The summed E-state index contributed by atoms with van der Waals surface area (Å²) in [5, 5.41) is 0.468. The lowest BCUT2D eigenvalue weighted by molar-refractivity contribution is 0.0697. The van der Waals surface area contributed by atoms with Crippen molar-refractivity contribution in [1.29, 1.82) is 0 Å². The van der Waals surface area contributed by atoms with Gasteiger partial charge in [0.05, 0.1) is 28.2 Å². The van der Waals surface area contributed by atoms with Crippen molar-refractivity contribution in [3.05, 3.63) is 52.0 Å². The maximum absolute atomic E-state index is 13.0. The van der Waals surface area contributed by atoms with E-state index in [2.05, 4.69) is 0 Å². The Bertz CT molecular complexity index is 1050. The number of halogens is 2. The van der Waals surface area contributed by atoms with E-state index in [1.54, 1.807) is 23.1 Å². The van der Waals surface area contributed by atoms with Crippen LogP contribution in [0.3, 0.4) is 0 Å². The van der Waals surface area contributed by atoms with E-state index in [0.29, 0.717) is 30.3 Å². The summed E-state index contributed by atoms with van der Waals surface area (Å²) in [5.41, 5.74) is 0.465. The number of rotatable bonds is 7. The molecule has 168 valence electrons. The Labute approximate surface area is 192 Å². The Morgan fingerprint density at radius 2 is 1.55 bits per heavy atom. The normalized spacial score (nSPS) is 15.0. The first-order valence-corrected chi connectivity index (χ1v) is 12.1. The van der Waals surface area contributed by atoms with Crippen LogP contribution in [-0.2, 0) is 10.0 Å². The van der Waals surface area contributed by atoms with Crippen molar-refractivity contribution < 1.29 is 22.7 Å². The van der Waals surface area contributed by atoms with Crippen LogP contribution in [-0.4, -0.2) is 62.9 Å². The zero-order valence-corrected chi connectivity index (χ0v) is 19.6. The van der Waals surface area contributed by atoms with Crippen molar-refractivity contribution in [3.63, 3.8) is 0 Å². The molecule has 0 unspecified atom stereocenters. The Balaban J connectivity index is 1.71. The lowest BCUT2D eigenvalue weighted by Gasteiger charge is -2.34. The number of benzene rings is 2. The predicted octanol–water partition coefficient (Wildman–Crippen LogP) is 3.94. The van der Waals surface area contributed by atoms with E-state index < -0.39 is 10.0 Å². The third-order valence-corrected chi connectivity index (χ3v) is 7.48. The summed E-state index contributed by atoms with van der Waals surface area (Å²) in [7, 11) is -3.73. The molecule has 2 aromatic carbocycles. The minimum atomic E-state index is -3.73. The number of hydrogen-bond donors (Lipinski definition) is 0. The highest BCUT2D eigenvalue weighted by molar-refractivity contribution is 7.89. The molecule has 2 aromatic rings. The second kappa shape index (κ2) is 10.1. The second-order valence-corrected chi connectivity index (χ2v) is 9.55. The highest BCUT2D eigenvalue weighted by atomic mass is 35.5. The van der Waals surface area contributed by atoms with Gasteiger partial charge in [0.1, 0.15) is 0 Å². The van der Waals surface area contributed by atoms with Crippen molar-refractivity contribution in [2.45, 2.75) is 18.7 Å². The maximum Gasteiger partial charge on any atom is 0.254 e. The summed E-state index contributed by atoms with van der Waals surface area (Å²) < 4.78 is 38.3. The minimum absolute atomic E-state index is 0.0783. The molecule has 0 aromatic heterocycles. The molecule has 10 heteroatoms. The first kappa shape index (κ1) is 23.7. The van der Waals surface area contributed by atoms with Crippen LogP contribution in [0, 0.1) is 0 Å². The van der Waals surface area contributed by atoms with Gasteiger partial charge >= 0.3 is 0 Å². The summed E-state index contributed by atoms with van der Waals surface area (Å²) >= 11 is 11.9. The van der Waals surface area contributed by atoms with Gasteiger partial charge in [-0.3, -0.25) is 4.79 Å². The molecule has 0 atom stereocenters. The molecular weight excluding hydrogens is 463 g/mol. The molecule has 0 N–H and O–H groups in total. The van der Waals surface area contributed by atoms with Gasteiger partial charge in [0.15, 0.2) is 11.5 Å².